The predicted octanol–water partition coefficient (Wildman–Crippen LogP) is 3.22. The van der Waals surface area contributed by atoms with Crippen molar-refractivity contribution in [3.8, 4) is 5.75 Å². The van der Waals surface area contributed by atoms with Crippen LogP contribution in [0.3, 0.4) is 0 Å². The first-order chi connectivity index (χ1) is 9.08. The summed E-state index contributed by atoms with van der Waals surface area (Å²) in [5.41, 5.74) is 0.829. The van der Waals surface area contributed by atoms with E-state index in [1.54, 1.807) is 34.4 Å². The van der Waals surface area contributed by atoms with Crippen molar-refractivity contribution in [3.63, 3.8) is 0 Å². The summed E-state index contributed by atoms with van der Waals surface area (Å²) < 4.78 is 0. The lowest BCUT2D eigenvalue weighted by atomic mass is 10.1. The van der Waals surface area contributed by atoms with E-state index in [0.717, 1.165) is 5.56 Å². The number of phenols is 1. The van der Waals surface area contributed by atoms with Crippen LogP contribution >= 0.6 is 11.3 Å². The Kier molecular flexibility index (Phi) is 4.22. The minimum atomic E-state index is 0.0477. The summed E-state index contributed by atoms with van der Waals surface area (Å²) >= 11 is 1.65. The molecule has 3 nitrogen and oxygen atoms in total. The number of hydrogen-bond acceptors (Lipinski definition) is 3. The molecule has 0 aliphatic carbocycles. The van der Waals surface area contributed by atoms with Gasteiger partial charge < -0.3 is 10.0 Å². The minimum absolute atomic E-state index is 0.0477. The first-order valence-electron chi connectivity index (χ1n) is 6.15. The monoisotopic (exact) mass is 275 g/mol. The maximum Gasteiger partial charge on any atom is 0.227 e. The Morgan fingerprint density at radius 1 is 1.37 bits per heavy atom. The van der Waals surface area contributed by atoms with Gasteiger partial charge in [0.2, 0.25) is 5.91 Å². The van der Waals surface area contributed by atoms with Crippen LogP contribution in [0.25, 0.3) is 0 Å². The highest BCUT2D eigenvalue weighted by atomic mass is 32.1. The normalized spacial score (nSPS) is 12.1. The van der Waals surface area contributed by atoms with Crippen LogP contribution < -0.4 is 0 Å². The van der Waals surface area contributed by atoms with Crippen LogP contribution in [0.5, 0.6) is 5.75 Å². The van der Waals surface area contributed by atoms with Gasteiger partial charge in [-0.25, -0.2) is 0 Å². The smallest absolute Gasteiger partial charge is 0.227 e. The highest BCUT2D eigenvalue weighted by Crippen LogP contribution is 2.24. The molecule has 0 bridgehead atoms. The number of carbonyl (C=O) groups excluding carboxylic acids is 1. The topological polar surface area (TPSA) is 40.5 Å². The fourth-order valence-electron chi connectivity index (χ4n) is 1.90. The van der Waals surface area contributed by atoms with E-state index in [1.165, 1.54) is 4.88 Å². The molecule has 0 unspecified atom stereocenters. The molecule has 0 spiro atoms. The molecule has 1 heterocycles. The lowest BCUT2D eigenvalue weighted by molar-refractivity contribution is -0.131. The number of benzene rings is 1. The van der Waals surface area contributed by atoms with Gasteiger partial charge in [0.15, 0.2) is 0 Å². The molecular weight excluding hydrogens is 258 g/mol. The van der Waals surface area contributed by atoms with Crippen LogP contribution in [0.15, 0.2) is 41.8 Å². The minimum Gasteiger partial charge on any atom is -0.508 e. The van der Waals surface area contributed by atoms with Gasteiger partial charge in [-0.2, -0.15) is 0 Å². The molecular formula is C15H17NO2S. The highest BCUT2D eigenvalue weighted by Gasteiger charge is 2.18. The van der Waals surface area contributed by atoms with Crippen molar-refractivity contribution in [1.82, 2.24) is 4.90 Å². The zero-order valence-corrected chi connectivity index (χ0v) is 11.9. The lowest BCUT2D eigenvalue weighted by Crippen LogP contribution is -2.30. The van der Waals surface area contributed by atoms with Crippen molar-refractivity contribution in [2.75, 3.05) is 7.05 Å². The van der Waals surface area contributed by atoms with E-state index in [9.17, 15) is 9.90 Å². The van der Waals surface area contributed by atoms with Crippen LogP contribution in [0.1, 0.15) is 23.4 Å². The molecule has 1 N–H and O–H groups in total. The molecule has 100 valence electrons. The van der Waals surface area contributed by atoms with Gasteiger partial charge in [-0.15, -0.1) is 11.3 Å². The largest absolute Gasteiger partial charge is 0.508 e. The first-order valence-corrected chi connectivity index (χ1v) is 7.03. The molecule has 2 aromatic rings. The van der Waals surface area contributed by atoms with Gasteiger partial charge in [0.05, 0.1) is 12.5 Å². The molecule has 0 radical (unpaired) electrons. The van der Waals surface area contributed by atoms with E-state index in [2.05, 4.69) is 0 Å². The average Bonchev–Trinajstić information content (AvgIpc) is 2.90. The zero-order chi connectivity index (χ0) is 13.8. The summed E-state index contributed by atoms with van der Waals surface area (Å²) in [6, 6.07) is 10.9. The Balaban J connectivity index is 2.03. The van der Waals surface area contributed by atoms with Crippen molar-refractivity contribution in [2.45, 2.75) is 19.4 Å². The van der Waals surface area contributed by atoms with Crippen molar-refractivity contribution >= 4 is 17.2 Å². The molecule has 0 fully saturated rings. The van der Waals surface area contributed by atoms with Crippen molar-refractivity contribution in [2.24, 2.45) is 0 Å². The second-order valence-corrected chi connectivity index (χ2v) is 5.52. The second-order valence-electron chi connectivity index (χ2n) is 4.54. The number of likely N-dealkylation sites (N-methyl/N-ethyl adjacent to an activating group) is 1. The third-order valence-corrected chi connectivity index (χ3v) is 4.24. The molecule has 0 aliphatic heterocycles. The summed E-state index contributed by atoms with van der Waals surface area (Å²) in [5.74, 6) is 0.241. The predicted molar refractivity (Wildman–Crippen MR) is 77.3 cm³/mol. The van der Waals surface area contributed by atoms with E-state index in [-0.39, 0.29) is 17.7 Å². The van der Waals surface area contributed by atoms with Gasteiger partial charge >= 0.3 is 0 Å². The summed E-state index contributed by atoms with van der Waals surface area (Å²) in [6.07, 6.45) is 0.306. The van der Waals surface area contributed by atoms with Gasteiger partial charge in [0.1, 0.15) is 5.75 Å². The van der Waals surface area contributed by atoms with Gasteiger partial charge in [-0.05, 0) is 36.1 Å². The number of thiophene rings is 1. The van der Waals surface area contributed by atoms with Crippen molar-refractivity contribution < 1.29 is 9.90 Å². The van der Waals surface area contributed by atoms with Crippen LogP contribution in [0.4, 0.5) is 0 Å². The van der Waals surface area contributed by atoms with Gasteiger partial charge in [0, 0.05) is 11.9 Å². The number of amides is 1. The summed E-state index contributed by atoms with van der Waals surface area (Å²) in [5, 5.41) is 11.4. The molecule has 0 aliphatic rings. The van der Waals surface area contributed by atoms with Gasteiger partial charge in [-0.3, -0.25) is 4.79 Å². The fourth-order valence-corrected chi connectivity index (χ4v) is 2.73. The lowest BCUT2D eigenvalue weighted by Gasteiger charge is -2.24. The fraction of sp³-hybridized carbons (Fsp3) is 0.267. The number of aromatic hydroxyl groups is 1. The average molecular weight is 275 g/mol. The quantitative estimate of drug-likeness (QED) is 0.930. The summed E-state index contributed by atoms with van der Waals surface area (Å²) in [6.45, 7) is 2.02. The molecule has 2 rings (SSSR count). The van der Waals surface area contributed by atoms with Gasteiger partial charge in [-0.1, -0.05) is 18.2 Å². The molecule has 1 aromatic heterocycles. The molecule has 1 amide bonds. The zero-order valence-electron chi connectivity index (χ0n) is 11.0. The maximum absolute atomic E-state index is 12.2. The second kappa shape index (κ2) is 5.89. The number of hydrogen-bond donors (Lipinski definition) is 1. The first kappa shape index (κ1) is 13.6. The third-order valence-electron chi connectivity index (χ3n) is 3.20. The Morgan fingerprint density at radius 3 is 2.79 bits per heavy atom. The Bertz CT molecular complexity index is 551. The van der Waals surface area contributed by atoms with Crippen molar-refractivity contribution in [1.29, 1.82) is 0 Å². The SMILES string of the molecule is C[C@@H](c1cccs1)N(C)C(=O)Cc1cccc(O)c1. The summed E-state index contributed by atoms with van der Waals surface area (Å²) in [7, 11) is 1.81. The molecule has 4 heteroatoms. The number of nitrogens with zero attached hydrogens (tertiary/aromatic N) is 1. The molecule has 19 heavy (non-hydrogen) atoms. The van der Waals surface area contributed by atoms with Crippen molar-refractivity contribution in [3.05, 3.63) is 52.2 Å². The highest BCUT2D eigenvalue weighted by molar-refractivity contribution is 7.10. The van der Waals surface area contributed by atoms with Crippen LogP contribution in [0, 0.1) is 0 Å². The van der Waals surface area contributed by atoms with E-state index >= 15 is 0 Å². The maximum atomic E-state index is 12.2. The van der Waals surface area contributed by atoms with Gasteiger partial charge in [0.25, 0.3) is 0 Å². The molecule has 1 atom stereocenters. The van der Waals surface area contributed by atoms with Crippen LogP contribution in [-0.4, -0.2) is 23.0 Å². The van der Waals surface area contributed by atoms with E-state index in [1.807, 2.05) is 37.6 Å². The van der Waals surface area contributed by atoms with Crippen LogP contribution in [0.2, 0.25) is 0 Å². The molecule has 1 aromatic carbocycles. The standard InChI is InChI=1S/C15H17NO2S/c1-11(14-7-4-8-19-14)16(2)15(18)10-12-5-3-6-13(17)9-12/h3-9,11,17H,10H2,1-2H3/t11-/m0/s1. The van der Waals surface area contributed by atoms with Crippen LogP contribution in [-0.2, 0) is 11.2 Å². The molecule has 0 saturated carbocycles. The van der Waals surface area contributed by atoms with E-state index in [0.29, 0.717) is 6.42 Å². The Labute approximate surface area is 117 Å². The summed E-state index contributed by atoms with van der Waals surface area (Å²) in [4.78, 5) is 15.1. The Morgan fingerprint density at radius 2 is 2.16 bits per heavy atom. The number of rotatable bonds is 4. The third kappa shape index (κ3) is 3.35. The Hall–Kier alpha value is -1.81. The number of phenolic OH excluding ortho intramolecular Hbond substituents is 1. The van der Waals surface area contributed by atoms with E-state index < -0.39 is 0 Å². The van der Waals surface area contributed by atoms with E-state index in [4.69, 9.17) is 0 Å². The molecule has 0 saturated heterocycles. The number of carbonyl (C=O) groups is 1.